The number of nitrogens with zero attached hydrogens (tertiary/aromatic N) is 1. The van der Waals surface area contributed by atoms with Crippen LogP contribution in [0.2, 0.25) is 0 Å². The normalized spacial score (nSPS) is 13.5. The molecule has 0 fully saturated rings. The van der Waals surface area contributed by atoms with Gasteiger partial charge in [0.2, 0.25) is 0 Å². The maximum absolute atomic E-state index is 11.6. The van der Waals surface area contributed by atoms with Crippen LogP contribution < -0.4 is 0 Å². The lowest BCUT2D eigenvalue weighted by Crippen LogP contribution is -2.32. The molecule has 0 aliphatic rings. The smallest absolute Gasteiger partial charge is 0.313 e. The third-order valence-corrected chi connectivity index (χ3v) is 4.07. The molecule has 1 atom stereocenters. The van der Waals surface area contributed by atoms with Crippen molar-refractivity contribution in [3.63, 3.8) is 0 Å². The molecule has 1 rings (SSSR count). The van der Waals surface area contributed by atoms with E-state index in [9.17, 15) is 9.90 Å². The molecule has 1 unspecified atom stereocenters. The van der Waals surface area contributed by atoms with Crippen LogP contribution >= 0.6 is 22.6 Å². The van der Waals surface area contributed by atoms with Gasteiger partial charge in [0.1, 0.15) is 0 Å². The van der Waals surface area contributed by atoms with Crippen LogP contribution in [0, 0.1) is 14.9 Å². The minimum Gasteiger partial charge on any atom is -0.481 e. The third kappa shape index (κ3) is 4.50. The second-order valence-electron chi connectivity index (χ2n) is 4.87. The van der Waals surface area contributed by atoms with Gasteiger partial charge in [0, 0.05) is 9.99 Å². The Morgan fingerprint density at radius 1 is 1.42 bits per heavy atom. The summed E-state index contributed by atoms with van der Waals surface area (Å²) in [6, 6.07) is 9.78. The van der Waals surface area contributed by atoms with E-state index >= 15 is 0 Å². The van der Waals surface area contributed by atoms with E-state index in [1.165, 1.54) is 0 Å². The SMILES string of the molecule is CC(CCCCCC#N)(C(=O)O)c1cccc(I)c1. The van der Waals surface area contributed by atoms with Crippen LogP contribution in [0.15, 0.2) is 24.3 Å². The summed E-state index contributed by atoms with van der Waals surface area (Å²) in [6.07, 6.45) is 3.73. The molecule has 0 aliphatic carbocycles. The number of benzene rings is 1. The van der Waals surface area contributed by atoms with E-state index in [1.807, 2.05) is 24.3 Å². The van der Waals surface area contributed by atoms with E-state index in [0.29, 0.717) is 12.8 Å². The minimum absolute atomic E-state index is 0.549. The first-order valence-corrected chi connectivity index (χ1v) is 7.45. The van der Waals surface area contributed by atoms with E-state index < -0.39 is 11.4 Å². The lowest BCUT2D eigenvalue weighted by Gasteiger charge is -2.25. The van der Waals surface area contributed by atoms with Crippen LogP contribution in [-0.4, -0.2) is 11.1 Å². The van der Waals surface area contributed by atoms with Crippen LogP contribution in [0.25, 0.3) is 0 Å². The Hall–Kier alpha value is -1.09. The predicted octanol–water partition coefficient (Wildman–Crippen LogP) is 4.11. The van der Waals surface area contributed by atoms with Crippen molar-refractivity contribution in [1.29, 1.82) is 5.26 Å². The Balaban J connectivity index is 2.75. The van der Waals surface area contributed by atoms with Gasteiger partial charge in [-0.05, 0) is 60.1 Å². The van der Waals surface area contributed by atoms with E-state index in [4.69, 9.17) is 5.26 Å². The van der Waals surface area contributed by atoms with Crippen LogP contribution in [0.1, 0.15) is 44.6 Å². The van der Waals surface area contributed by atoms with Gasteiger partial charge in [0.05, 0.1) is 11.5 Å². The summed E-state index contributed by atoms with van der Waals surface area (Å²) >= 11 is 2.20. The Bertz CT molecular complexity index is 481. The van der Waals surface area contributed by atoms with E-state index in [-0.39, 0.29) is 0 Å². The van der Waals surface area contributed by atoms with Crippen molar-refractivity contribution in [3.05, 3.63) is 33.4 Å². The summed E-state index contributed by atoms with van der Waals surface area (Å²) in [5, 5.41) is 18.0. The van der Waals surface area contributed by atoms with Crippen molar-refractivity contribution in [1.82, 2.24) is 0 Å². The summed E-state index contributed by atoms with van der Waals surface area (Å²) in [7, 11) is 0. The summed E-state index contributed by atoms with van der Waals surface area (Å²) in [5.41, 5.74) is 0.0144. The standard InChI is InChI=1S/C15H18INO2/c1-15(14(18)19,9-4-2-3-5-10-17)12-7-6-8-13(16)11-12/h6-8,11H,2-5,9H2,1H3,(H,18,19). The molecule has 0 saturated heterocycles. The highest BCUT2D eigenvalue weighted by molar-refractivity contribution is 14.1. The van der Waals surface area contributed by atoms with Gasteiger partial charge in [0.25, 0.3) is 0 Å². The highest BCUT2D eigenvalue weighted by Crippen LogP contribution is 2.31. The van der Waals surface area contributed by atoms with Gasteiger partial charge in [-0.15, -0.1) is 0 Å². The van der Waals surface area contributed by atoms with Gasteiger partial charge in [-0.25, -0.2) is 0 Å². The number of hydrogen-bond acceptors (Lipinski definition) is 2. The Kier molecular flexibility index (Phi) is 6.29. The third-order valence-electron chi connectivity index (χ3n) is 3.40. The highest BCUT2D eigenvalue weighted by Gasteiger charge is 2.34. The van der Waals surface area contributed by atoms with Gasteiger partial charge < -0.3 is 5.11 Å². The molecule has 0 bridgehead atoms. The van der Waals surface area contributed by atoms with E-state index in [0.717, 1.165) is 28.4 Å². The predicted molar refractivity (Wildman–Crippen MR) is 82.8 cm³/mol. The number of unbranched alkanes of at least 4 members (excludes halogenated alkanes) is 3. The van der Waals surface area contributed by atoms with Gasteiger partial charge in [-0.3, -0.25) is 4.79 Å². The number of carbonyl (C=O) groups is 1. The average molecular weight is 371 g/mol. The maximum atomic E-state index is 11.6. The Morgan fingerprint density at radius 2 is 2.16 bits per heavy atom. The monoisotopic (exact) mass is 371 g/mol. The van der Waals surface area contributed by atoms with Crippen molar-refractivity contribution in [2.24, 2.45) is 0 Å². The quantitative estimate of drug-likeness (QED) is 0.580. The first-order valence-electron chi connectivity index (χ1n) is 6.37. The largest absolute Gasteiger partial charge is 0.481 e. The van der Waals surface area contributed by atoms with E-state index in [1.54, 1.807) is 6.92 Å². The molecule has 0 spiro atoms. The molecule has 1 N–H and O–H groups in total. The molecule has 102 valence electrons. The molecule has 0 saturated carbocycles. The number of nitriles is 1. The molecule has 0 amide bonds. The molecular formula is C15H18INO2. The van der Waals surface area contributed by atoms with Crippen LogP contribution in [0.5, 0.6) is 0 Å². The van der Waals surface area contributed by atoms with Gasteiger partial charge in [-0.1, -0.05) is 25.0 Å². The van der Waals surface area contributed by atoms with Crippen molar-refractivity contribution >= 4 is 28.6 Å². The van der Waals surface area contributed by atoms with Crippen molar-refractivity contribution in [3.8, 4) is 6.07 Å². The minimum atomic E-state index is -0.839. The molecule has 0 aromatic heterocycles. The second kappa shape index (κ2) is 7.49. The zero-order chi connectivity index (χ0) is 14.3. The van der Waals surface area contributed by atoms with Gasteiger partial charge in [-0.2, -0.15) is 5.26 Å². The summed E-state index contributed by atoms with van der Waals surface area (Å²) in [4.78, 5) is 11.6. The Labute approximate surface area is 127 Å². The first kappa shape index (κ1) is 16.0. The van der Waals surface area contributed by atoms with Crippen molar-refractivity contribution in [2.75, 3.05) is 0 Å². The number of halogens is 1. The lowest BCUT2D eigenvalue weighted by atomic mass is 9.78. The Morgan fingerprint density at radius 3 is 2.74 bits per heavy atom. The average Bonchev–Trinajstić information content (AvgIpc) is 2.38. The summed E-state index contributed by atoms with van der Waals surface area (Å²) in [5.74, 6) is -0.783. The zero-order valence-electron chi connectivity index (χ0n) is 11.0. The topological polar surface area (TPSA) is 61.1 Å². The van der Waals surface area contributed by atoms with Crippen LogP contribution in [-0.2, 0) is 10.2 Å². The second-order valence-corrected chi connectivity index (χ2v) is 6.11. The molecule has 19 heavy (non-hydrogen) atoms. The molecular weight excluding hydrogens is 353 g/mol. The number of rotatable bonds is 7. The number of carboxylic acid groups (broad SMARTS) is 1. The first-order chi connectivity index (χ1) is 9.00. The number of hydrogen-bond donors (Lipinski definition) is 1. The fraction of sp³-hybridized carbons (Fsp3) is 0.467. The van der Waals surface area contributed by atoms with Crippen molar-refractivity contribution < 1.29 is 9.90 Å². The molecule has 1 aromatic carbocycles. The van der Waals surface area contributed by atoms with E-state index in [2.05, 4.69) is 28.7 Å². The molecule has 0 radical (unpaired) electrons. The number of aliphatic carboxylic acids is 1. The van der Waals surface area contributed by atoms with Crippen LogP contribution in [0.3, 0.4) is 0 Å². The fourth-order valence-electron chi connectivity index (χ4n) is 2.07. The summed E-state index contributed by atoms with van der Waals surface area (Å²) < 4.78 is 1.05. The highest BCUT2D eigenvalue weighted by atomic mass is 127. The molecule has 0 aliphatic heterocycles. The molecule has 0 heterocycles. The van der Waals surface area contributed by atoms with Gasteiger partial charge in [0.15, 0.2) is 0 Å². The fourth-order valence-corrected chi connectivity index (χ4v) is 2.61. The molecule has 3 nitrogen and oxygen atoms in total. The number of carboxylic acids is 1. The zero-order valence-corrected chi connectivity index (χ0v) is 13.2. The lowest BCUT2D eigenvalue weighted by molar-refractivity contribution is -0.143. The van der Waals surface area contributed by atoms with Gasteiger partial charge >= 0.3 is 5.97 Å². The molecule has 4 heteroatoms. The van der Waals surface area contributed by atoms with Crippen LogP contribution in [0.4, 0.5) is 0 Å². The molecule has 1 aromatic rings. The summed E-state index contributed by atoms with van der Waals surface area (Å²) in [6.45, 7) is 1.78. The van der Waals surface area contributed by atoms with Crippen molar-refractivity contribution in [2.45, 2.75) is 44.4 Å². The maximum Gasteiger partial charge on any atom is 0.313 e.